The van der Waals surface area contributed by atoms with Crippen LogP contribution in [0.15, 0.2) is 24.3 Å². The lowest BCUT2D eigenvalue weighted by Crippen LogP contribution is -2.36. The minimum Gasteiger partial charge on any atom is -0.475 e. The number of rotatable bonds is 1. The lowest BCUT2D eigenvalue weighted by molar-refractivity contribution is 0.0727. The Morgan fingerprint density at radius 2 is 2.05 bits per heavy atom. The van der Waals surface area contributed by atoms with E-state index < -0.39 is 0 Å². The maximum Gasteiger partial charge on any atom is 0.276 e. The summed E-state index contributed by atoms with van der Waals surface area (Å²) in [6.07, 6.45) is 0.865. The SMILES string of the molecule is O=C(c1nn2c(c1Cl)OCC2)N1CCc2ccccc2C1. The first-order valence-electron chi connectivity index (χ1n) is 6.99. The van der Waals surface area contributed by atoms with Crippen molar-refractivity contribution in [2.24, 2.45) is 0 Å². The summed E-state index contributed by atoms with van der Waals surface area (Å²) < 4.78 is 7.06. The number of fused-ring (bicyclic) bond motifs is 2. The highest BCUT2D eigenvalue weighted by Crippen LogP contribution is 2.32. The molecule has 6 heteroatoms. The van der Waals surface area contributed by atoms with Crippen molar-refractivity contribution in [3.05, 3.63) is 46.1 Å². The number of nitrogens with zero attached hydrogens (tertiary/aromatic N) is 3. The topological polar surface area (TPSA) is 47.4 Å². The Kier molecular flexibility index (Phi) is 2.89. The number of halogens is 1. The Morgan fingerprint density at radius 1 is 1.24 bits per heavy atom. The third-order valence-electron chi connectivity index (χ3n) is 4.01. The summed E-state index contributed by atoms with van der Waals surface area (Å²) in [6, 6.07) is 8.21. The molecule has 2 aromatic rings. The molecular formula is C15H14ClN3O2. The van der Waals surface area contributed by atoms with Gasteiger partial charge < -0.3 is 9.64 Å². The van der Waals surface area contributed by atoms with Gasteiger partial charge in [0.15, 0.2) is 5.69 Å². The van der Waals surface area contributed by atoms with Crippen molar-refractivity contribution < 1.29 is 9.53 Å². The number of hydrogen-bond donors (Lipinski definition) is 0. The molecule has 1 aromatic heterocycles. The first-order valence-corrected chi connectivity index (χ1v) is 7.37. The highest BCUT2D eigenvalue weighted by molar-refractivity contribution is 6.34. The van der Waals surface area contributed by atoms with Crippen molar-refractivity contribution in [1.29, 1.82) is 0 Å². The van der Waals surface area contributed by atoms with Gasteiger partial charge in [-0.1, -0.05) is 35.9 Å². The summed E-state index contributed by atoms with van der Waals surface area (Å²) in [7, 11) is 0. The third-order valence-corrected chi connectivity index (χ3v) is 4.35. The lowest BCUT2D eigenvalue weighted by Gasteiger charge is -2.28. The second kappa shape index (κ2) is 4.77. The van der Waals surface area contributed by atoms with Crippen LogP contribution in [0.2, 0.25) is 5.02 Å². The average Bonchev–Trinajstić information content (AvgIpc) is 3.09. The summed E-state index contributed by atoms with van der Waals surface area (Å²) in [5.74, 6) is 0.387. The normalized spacial score (nSPS) is 16.3. The molecule has 0 saturated heterocycles. The number of amides is 1. The van der Waals surface area contributed by atoms with Gasteiger partial charge in [-0.25, -0.2) is 4.68 Å². The molecule has 0 bridgehead atoms. The maximum atomic E-state index is 12.6. The van der Waals surface area contributed by atoms with Crippen molar-refractivity contribution in [2.75, 3.05) is 13.2 Å². The molecule has 1 aromatic carbocycles. The fourth-order valence-corrected chi connectivity index (χ4v) is 3.17. The molecule has 0 spiro atoms. The molecule has 3 heterocycles. The zero-order valence-corrected chi connectivity index (χ0v) is 12.1. The van der Waals surface area contributed by atoms with Crippen LogP contribution in [0.5, 0.6) is 5.88 Å². The molecule has 0 aliphatic carbocycles. The Labute approximate surface area is 127 Å². The van der Waals surface area contributed by atoms with Gasteiger partial charge in [0.05, 0.1) is 6.54 Å². The Bertz CT molecular complexity index is 726. The second-order valence-corrected chi connectivity index (χ2v) is 5.66. The molecule has 5 nitrogen and oxygen atoms in total. The van der Waals surface area contributed by atoms with Crippen LogP contribution in [0, 0.1) is 0 Å². The van der Waals surface area contributed by atoms with Crippen LogP contribution < -0.4 is 4.74 Å². The summed E-state index contributed by atoms with van der Waals surface area (Å²) >= 11 is 6.23. The standard InChI is InChI=1S/C15H14ClN3O2/c16-12-13(17-19-7-8-21-15(12)19)14(20)18-6-5-10-3-1-2-4-11(10)9-18/h1-4H,5-9H2. The molecule has 0 saturated carbocycles. The largest absolute Gasteiger partial charge is 0.475 e. The lowest BCUT2D eigenvalue weighted by atomic mass is 10.00. The first-order chi connectivity index (χ1) is 10.2. The van der Waals surface area contributed by atoms with Crippen LogP contribution >= 0.6 is 11.6 Å². The number of aromatic nitrogens is 2. The third kappa shape index (κ3) is 2.00. The predicted octanol–water partition coefficient (Wildman–Crippen LogP) is 2.13. The van der Waals surface area contributed by atoms with Gasteiger partial charge in [-0.05, 0) is 17.5 Å². The van der Waals surface area contributed by atoms with E-state index in [-0.39, 0.29) is 5.91 Å². The van der Waals surface area contributed by atoms with E-state index in [9.17, 15) is 4.79 Å². The van der Waals surface area contributed by atoms with Crippen LogP contribution in [-0.2, 0) is 19.5 Å². The van der Waals surface area contributed by atoms with E-state index in [0.717, 1.165) is 6.42 Å². The fraction of sp³-hybridized carbons (Fsp3) is 0.333. The molecule has 4 rings (SSSR count). The number of carbonyl (C=O) groups is 1. The molecule has 21 heavy (non-hydrogen) atoms. The number of benzene rings is 1. The van der Waals surface area contributed by atoms with Crippen LogP contribution in [-0.4, -0.2) is 33.7 Å². The Morgan fingerprint density at radius 3 is 2.86 bits per heavy atom. The molecule has 1 amide bonds. The van der Waals surface area contributed by atoms with Crippen molar-refractivity contribution in [3.63, 3.8) is 0 Å². The van der Waals surface area contributed by atoms with E-state index in [4.69, 9.17) is 16.3 Å². The highest BCUT2D eigenvalue weighted by Gasteiger charge is 2.30. The van der Waals surface area contributed by atoms with Gasteiger partial charge >= 0.3 is 0 Å². The van der Waals surface area contributed by atoms with Gasteiger partial charge in [-0.3, -0.25) is 4.79 Å². The van der Waals surface area contributed by atoms with Crippen molar-refractivity contribution in [1.82, 2.24) is 14.7 Å². The minimum atomic E-state index is -0.125. The van der Waals surface area contributed by atoms with E-state index in [1.165, 1.54) is 11.1 Å². The quantitative estimate of drug-likeness (QED) is 0.811. The molecule has 0 unspecified atom stereocenters. The van der Waals surface area contributed by atoms with Gasteiger partial charge in [0.2, 0.25) is 5.88 Å². The van der Waals surface area contributed by atoms with Gasteiger partial charge in [0.25, 0.3) is 5.91 Å². The van der Waals surface area contributed by atoms with Crippen molar-refractivity contribution in [2.45, 2.75) is 19.5 Å². The van der Waals surface area contributed by atoms with Crippen LogP contribution in [0.1, 0.15) is 21.6 Å². The predicted molar refractivity (Wildman–Crippen MR) is 77.6 cm³/mol. The van der Waals surface area contributed by atoms with Gasteiger partial charge in [0.1, 0.15) is 11.6 Å². The van der Waals surface area contributed by atoms with E-state index in [1.807, 2.05) is 12.1 Å². The van der Waals surface area contributed by atoms with E-state index in [1.54, 1.807) is 9.58 Å². The summed E-state index contributed by atoms with van der Waals surface area (Å²) in [4.78, 5) is 14.4. The molecule has 0 N–H and O–H groups in total. The molecular weight excluding hydrogens is 290 g/mol. The minimum absolute atomic E-state index is 0.125. The molecule has 2 aliphatic heterocycles. The van der Waals surface area contributed by atoms with Crippen LogP contribution in [0.25, 0.3) is 0 Å². The van der Waals surface area contributed by atoms with Crippen LogP contribution in [0.3, 0.4) is 0 Å². The van der Waals surface area contributed by atoms with Crippen LogP contribution in [0.4, 0.5) is 0 Å². The molecule has 0 atom stereocenters. The Hall–Kier alpha value is -2.01. The van der Waals surface area contributed by atoms with Gasteiger partial charge in [0, 0.05) is 13.1 Å². The fourth-order valence-electron chi connectivity index (χ4n) is 2.90. The van der Waals surface area contributed by atoms with Crippen molar-refractivity contribution in [3.8, 4) is 5.88 Å². The zero-order valence-electron chi connectivity index (χ0n) is 11.4. The number of ether oxygens (including phenoxy) is 1. The molecule has 2 aliphatic rings. The van der Waals surface area contributed by atoms with Gasteiger partial charge in [-0.2, -0.15) is 5.10 Å². The summed E-state index contributed by atoms with van der Waals surface area (Å²) in [6.45, 7) is 2.50. The van der Waals surface area contributed by atoms with E-state index in [0.29, 0.717) is 42.8 Å². The highest BCUT2D eigenvalue weighted by atomic mass is 35.5. The van der Waals surface area contributed by atoms with E-state index in [2.05, 4.69) is 17.2 Å². The van der Waals surface area contributed by atoms with Crippen molar-refractivity contribution >= 4 is 17.5 Å². The monoisotopic (exact) mass is 303 g/mol. The van der Waals surface area contributed by atoms with E-state index >= 15 is 0 Å². The zero-order chi connectivity index (χ0) is 14.4. The Balaban J connectivity index is 1.62. The summed E-state index contributed by atoms with van der Waals surface area (Å²) in [5.41, 5.74) is 2.80. The molecule has 0 radical (unpaired) electrons. The second-order valence-electron chi connectivity index (χ2n) is 5.28. The smallest absolute Gasteiger partial charge is 0.276 e. The molecule has 108 valence electrons. The number of carbonyl (C=O) groups excluding carboxylic acids is 1. The first kappa shape index (κ1) is 12.7. The van der Waals surface area contributed by atoms with Gasteiger partial charge in [-0.15, -0.1) is 0 Å². The summed E-state index contributed by atoms with van der Waals surface area (Å²) in [5, 5.41) is 4.62. The average molecular weight is 304 g/mol. The maximum absolute atomic E-state index is 12.6. The molecule has 0 fully saturated rings. The number of hydrogen-bond acceptors (Lipinski definition) is 3.